The van der Waals surface area contributed by atoms with Crippen LogP contribution in [0.1, 0.15) is 13.8 Å². The summed E-state index contributed by atoms with van der Waals surface area (Å²) in [6.45, 7) is 4.17. The lowest BCUT2D eigenvalue weighted by Gasteiger charge is -2.26. The van der Waals surface area contributed by atoms with Gasteiger partial charge in [-0.2, -0.15) is 0 Å². The number of carbonyl (C=O) groups is 2. The van der Waals surface area contributed by atoms with E-state index in [0.717, 1.165) is 0 Å². The van der Waals surface area contributed by atoms with Gasteiger partial charge in [-0.1, -0.05) is 36.2 Å². The number of nitrogens with zero attached hydrogens (tertiary/aromatic N) is 1. The first-order valence-corrected chi connectivity index (χ1v) is 9.54. The molecule has 8 heteroatoms. The second-order valence-electron chi connectivity index (χ2n) is 6.10. The summed E-state index contributed by atoms with van der Waals surface area (Å²) in [4.78, 5) is 26.7. The minimum absolute atomic E-state index is 0.0231. The van der Waals surface area contributed by atoms with Gasteiger partial charge in [-0.25, -0.2) is 0 Å². The fraction of sp³-hybridized carbons (Fsp3) is 0.300. The SMILES string of the molecule is CCN(CC(=O)Nc1c(Cl)cccc1Cl)C(C)C(=O)Nc1ccc(OC)cc1. The highest BCUT2D eigenvalue weighted by Crippen LogP contribution is 2.29. The summed E-state index contributed by atoms with van der Waals surface area (Å²) in [5.41, 5.74) is 1.02. The first-order valence-electron chi connectivity index (χ1n) is 8.78. The lowest BCUT2D eigenvalue weighted by Crippen LogP contribution is -2.45. The summed E-state index contributed by atoms with van der Waals surface area (Å²) in [7, 11) is 1.58. The van der Waals surface area contributed by atoms with Crippen LogP contribution in [0.3, 0.4) is 0 Å². The molecule has 0 saturated carbocycles. The normalized spacial score (nSPS) is 11.8. The summed E-state index contributed by atoms with van der Waals surface area (Å²) in [6.07, 6.45) is 0. The Balaban J connectivity index is 1.98. The number of amides is 2. The van der Waals surface area contributed by atoms with Crippen molar-refractivity contribution in [1.29, 1.82) is 0 Å². The van der Waals surface area contributed by atoms with Crippen LogP contribution in [0.2, 0.25) is 10.0 Å². The van der Waals surface area contributed by atoms with Crippen LogP contribution in [-0.4, -0.2) is 43.0 Å². The van der Waals surface area contributed by atoms with E-state index in [2.05, 4.69) is 10.6 Å². The Labute approximate surface area is 174 Å². The van der Waals surface area contributed by atoms with E-state index in [-0.39, 0.29) is 18.4 Å². The first kappa shape index (κ1) is 22.0. The molecule has 2 aromatic rings. The number of hydrogen-bond acceptors (Lipinski definition) is 4. The molecule has 0 aliphatic carbocycles. The van der Waals surface area contributed by atoms with Crippen LogP contribution in [0.4, 0.5) is 11.4 Å². The van der Waals surface area contributed by atoms with E-state index >= 15 is 0 Å². The molecule has 28 heavy (non-hydrogen) atoms. The summed E-state index contributed by atoms with van der Waals surface area (Å²) < 4.78 is 5.10. The van der Waals surface area contributed by atoms with E-state index in [4.69, 9.17) is 27.9 Å². The van der Waals surface area contributed by atoms with Crippen molar-refractivity contribution < 1.29 is 14.3 Å². The number of para-hydroxylation sites is 1. The number of halogens is 2. The fourth-order valence-corrected chi connectivity index (χ4v) is 3.08. The van der Waals surface area contributed by atoms with E-state index in [1.165, 1.54) is 0 Å². The van der Waals surface area contributed by atoms with E-state index in [1.807, 2.05) is 6.92 Å². The smallest absolute Gasteiger partial charge is 0.241 e. The summed E-state index contributed by atoms with van der Waals surface area (Å²) in [5, 5.41) is 6.26. The van der Waals surface area contributed by atoms with Crippen molar-refractivity contribution in [1.82, 2.24) is 4.90 Å². The van der Waals surface area contributed by atoms with E-state index in [0.29, 0.717) is 33.7 Å². The van der Waals surface area contributed by atoms with Crippen LogP contribution < -0.4 is 15.4 Å². The highest BCUT2D eigenvalue weighted by atomic mass is 35.5. The Bertz CT molecular complexity index is 808. The summed E-state index contributed by atoms with van der Waals surface area (Å²) in [6, 6.07) is 11.5. The number of likely N-dealkylation sites (N-methyl/N-ethyl adjacent to an activating group) is 1. The maximum atomic E-state index is 12.6. The number of ether oxygens (including phenoxy) is 1. The molecule has 150 valence electrons. The topological polar surface area (TPSA) is 70.7 Å². The maximum Gasteiger partial charge on any atom is 0.241 e. The fourth-order valence-electron chi connectivity index (χ4n) is 2.59. The lowest BCUT2D eigenvalue weighted by molar-refractivity contribution is -0.123. The molecule has 2 amide bonds. The van der Waals surface area contributed by atoms with Crippen molar-refractivity contribution in [2.45, 2.75) is 19.9 Å². The third kappa shape index (κ3) is 5.86. The monoisotopic (exact) mass is 423 g/mol. The van der Waals surface area contributed by atoms with Crippen LogP contribution in [0, 0.1) is 0 Å². The van der Waals surface area contributed by atoms with Gasteiger partial charge in [0.15, 0.2) is 0 Å². The molecule has 1 atom stereocenters. The van der Waals surface area contributed by atoms with Crippen LogP contribution >= 0.6 is 23.2 Å². The van der Waals surface area contributed by atoms with Gasteiger partial charge in [-0.3, -0.25) is 14.5 Å². The van der Waals surface area contributed by atoms with Crippen LogP contribution in [0.15, 0.2) is 42.5 Å². The molecule has 6 nitrogen and oxygen atoms in total. The van der Waals surface area contributed by atoms with Gasteiger partial charge in [0.2, 0.25) is 11.8 Å². The first-order chi connectivity index (χ1) is 13.3. The second-order valence-corrected chi connectivity index (χ2v) is 6.92. The van der Waals surface area contributed by atoms with Gasteiger partial charge in [-0.05, 0) is 49.9 Å². The van der Waals surface area contributed by atoms with Crippen molar-refractivity contribution in [3.05, 3.63) is 52.5 Å². The zero-order valence-electron chi connectivity index (χ0n) is 16.0. The zero-order chi connectivity index (χ0) is 20.7. The average Bonchev–Trinajstić information content (AvgIpc) is 2.69. The molecule has 0 bridgehead atoms. The van der Waals surface area contributed by atoms with Crippen molar-refractivity contribution >= 4 is 46.4 Å². The van der Waals surface area contributed by atoms with Crippen LogP contribution in [-0.2, 0) is 9.59 Å². The molecule has 0 radical (unpaired) electrons. The van der Waals surface area contributed by atoms with Gasteiger partial charge in [0.05, 0.1) is 35.4 Å². The molecule has 0 aliphatic heterocycles. The molecular formula is C20H23Cl2N3O3. The predicted molar refractivity (Wildman–Crippen MR) is 113 cm³/mol. The highest BCUT2D eigenvalue weighted by molar-refractivity contribution is 6.39. The third-order valence-electron chi connectivity index (χ3n) is 4.26. The largest absolute Gasteiger partial charge is 0.497 e. The van der Waals surface area contributed by atoms with Gasteiger partial charge < -0.3 is 15.4 Å². The standard InChI is InChI=1S/C20H23Cl2N3O3/c1-4-25(12-18(26)24-19-16(21)6-5-7-17(19)22)13(2)20(27)23-14-8-10-15(28-3)11-9-14/h5-11,13H,4,12H2,1-3H3,(H,23,27)(H,24,26). The number of benzene rings is 2. The quantitative estimate of drug-likeness (QED) is 0.664. The lowest BCUT2D eigenvalue weighted by atomic mass is 10.2. The molecule has 2 N–H and O–H groups in total. The van der Waals surface area contributed by atoms with Crippen molar-refractivity contribution in [2.24, 2.45) is 0 Å². The number of anilines is 2. The molecule has 1 unspecified atom stereocenters. The molecule has 0 spiro atoms. The minimum atomic E-state index is -0.514. The average molecular weight is 424 g/mol. The Morgan fingerprint density at radius 3 is 2.21 bits per heavy atom. The Hall–Kier alpha value is -2.28. The molecule has 0 aliphatic rings. The second kappa shape index (κ2) is 10.3. The Morgan fingerprint density at radius 1 is 1.07 bits per heavy atom. The Kier molecular flexibility index (Phi) is 8.11. The van der Waals surface area contributed by atoms with E-state index in [9.17, 15) is 9.59 Å². The van der Waals surface area contributed by atoms with Crippen molar-refractivity contribution in [2.75, 3.05) is 30.8 Å². The summed E-state index contributed by atoms with van der Waals surface area (Å²) >= 11 is 12.2. The number of carbonyl (C=O) groups excluding carboxylic acids is 2. The minimum Gasteiger partial charge on any atom is -0.497 e. The van der Waals surface area contributed by atoms with Gasteiger partial charge in [0, 0.05) is 5.69 Å². The zero-order valence-corrected chi connectivity index (χ0v) is 17.5. The Morgan fingerprint density at radius 2 is 1.68 bits per heavy atom. The maximum absolute atomic E-state index is 12.6. The molecule has 2 aromatic carbocycles. The summed E-state index contributed by atoms with van der Waals surface area (Å²) in [5.74, 6) is 0.188. The highest BCUT2D eigenvalue weighted by Gasteiger charge is 2.23. The van der Waals surface area contributed by atoms with E-state index in [1.54, 1.807) is 61.4 Å². The molecule has 0 heterocycles. The predicted octanol–water partition coefficient (Wildman–Crippen LogP) is 4.29. The van der Waals surface area contributed by atoms with E-state index < -0.39 is 6.04 Å². The van der Waals surface area contributed by atoms with Gasteiger partial charge in [0.25, 0.3) is 0 Å². The number of methoxy groups -OCH3 is 1. The molecule has 2 rings (SSSR count). The van der Waals surface area contributed by atoms with Crippen LogP contribution in [0.5, 0.6) is 5.75 Å². The number of nitrogens with one attached hydrogen (secondary N) is 2. The van der Waals surface area contributed by atoms with Crippen molar-refractivity contribution in [3.8, 4) is 5.75 Å². The van der Waals surface area contributed by atoms with Crippen LogP contribution in [0.25, 0.3) is 0 Å². The number of hydrogen-bond donors (Lipinski definition) is 2. The van der Waals surface area contributed by atoms with Gasteiger partial charge in [-0.15, -0.1) is 0 Å². The van der Waals surface area contributed by atoms with Gasteiger partial charge >= 0.3 is 0 Å². The number of rotatable bonds is 8. The van der Waals surface area contributed by atoms with Gasteiger partial charge in [0.1, 0.15) is 5.75 Å². The van der Waals surface area contributed by atoms with Crippen molar-refractivity contribution in [3.63, 3.8) is 0 Å². The third-order valence-corrected chi connectivity index (χ3v) is 4.89. The molecular weight excluding hydrogens is 401 g/mol. The molecule has 0 saturated heterocycles. The molecule has 0 aromatic heterocycles. The molecule has 0 fully saturated rings.